The Hall–Kier alpha value is -3.34. The maximum absolute atomic E-state index is 12.7. The number of benzene rings is 2. The maximum Gasteiger partial charge on any atom is 0.317 e. The average Bonchev–Trinajstić information content (AvgIpc) is 2.76. The van der Waals surface area contributed by atoms with Crippen LogP contribution in [0.1, 0.15) is 11.3 Å². The summed E-state index contributed by atoms with van der Waals surface area (Å²) in [6.45, 7) is 1.95. The van der Waals surface area contributed by atoms with Crippen molar-refractivity contribution in [2.45, 2.75) is 13.0 Å². The minimum absolute atomic E-state index is 0.113. The van der Waals surface area contributed by atoms with Crippen molar-refractivity contribution in [2.75, 3.05) is 19.7 Å². The van der Waals surface area contributed by atoms with Crippen LogP contribution in [0.25, 0.3) is 0 Å². The second-order valence-corrected chi connectivity index (χ2v) is 6.37. The van der Waals surface area contributed by atoms with Crippen LogP contribution >= 0.6 is 0 Å². The zero-order chi connectivity index (χ0) is 19.4. The van der Waals surface area contributed by atoms with Gasteiger partial charge in [-0.15, -0.1) is 0 Å². The van der Waals surface area contributed by atoms with Gasteiger partial charge in [0.05, 0.1) is 18.8 Å². The highest BCUT2D eigenvalue weighted by molar-refractivity contribution is 5.74. The number of hydrogen-bond acceptors (Lipinski definition) is 3. The van der Waals surface area contributed by atoms with E-state index < -0.39 is 0 Å². The van der Waals surface area contributed by atoms with Crippen molar-refractivity contribution >= 4 is 6.03 Å². The zero-order valence-electron chi connectivity index (χ0n) is 15.8. The number of nitrogens with zero attached hydrogens (tertiary/aromatic N) is 2. The quantitative estimate of drug-likeness (QED) is 0.577. The SMILES string of the molecule is O=C(NCCOc1ccccc1)N(CCc1ccccc1)Cc1ccccn1. The number of pyridine rings is 1. The predicted molar refractivity (Wildman–Crippen MR) is 110 cm³/mol. The molecule has 5 heteroatoms. The Balaban J connectivity index is 1.52. The lowest BCUT2D eigenvalue weighted by Crippen LogP contribution is -2.42. The molecule has 1 heterocycles. The molecule has 0 fully saturated rings. The van der Waals surface area contributed by atoms with Gasteiger partial charge >= 0.3 is 6.03 Å². The number of carbonyl (C=O) groups is 1. The number of carbonyl (C=O) groups excluding carboxylic acids is 1. The summed E-state index contributed by atoms with van der Waals surface area (Å²) in [5, 5.41) is 2.94. The summed E-state index contributed by atoms with van der Waals surface area (Å²) >= 11 is 0. The number of hydrogen-bond donors (Lipinski definition) is 1. The molecule has 0 aliphatic heterocycles. The van der Waals surface area contributed by atoms with E-state index in [-0.39, 0.29) is 6.03 Å². The minimum Gasteiger partial charge on any atom is -0.492 e. The molecule has 2 aromatic carbocycles. The van der Waals surface area contributed by atoms with Gasteiger partial charge in [-0.05, 0) is 36.2 Å². The Morgan fingerprint density at radius 2 is 1.64 bits per heavy atom. The lowest BCUT2D eigenvalue weighted by atomic mass is 10.1. The highest BCUT2D eigenvalue weighted by Crippen LogP contribution is 2.08. The summed E-state index contributed by atoms with van der Waals surface area (Å²) in [7, 11) is 0. The van der Waals surface area contributed by atoms with E-state index in [4.69, 9.17) is 4.74 Å². The molecule has 0 saturated heterocycles. The first-order chi connectivity index (χ1) is 13.8. The number of rotatable bonds is 9. The van der Waals surface area contributed by atoms with Crippen LogP contribution in [0.5, 0.6) is 5.75 Å². The molecule has 0 radical (unpaired) electrons. The maximum atomic E-state index is 12.7. The van der Waals surface area contributed by atoms with E-state index in [9.17, 15) is 4.79 Å². The van der Waals surface area contributed by atoms with Crippen molar-refractivity contribution in [3.8, 4) is 5.75 Å². The van der Waals surface area contributed by atoms with Crippen molar-refractivity contribution in [1.29, 1.82) is 0 Å². The minimum atomic E-state index is -0.113. The molecule has 1 aromatic heterocycles. The summed E-state index contributed by atoms with van der Waals surface area (Å²) < 4.78 is 5.64. The number of nitrogens with one attached hydrogen (secondary N) is 1. The predicted octanol–water partition coefficient (Wildman–Crippen LogP) is 3.91. The largest absolute Gasteiger partial charge is 0.492 e. The van der Waals surface area contributed by atoms with E-state index >= 15 is 0 Å². The number of aromatic nitrogens is 1. The fourth-order valence-corrected chi connectivity index (χ4v) is 2.80. The Morgan fingerprint density at radius 1 is 0.929 bits per heavy atom. The van der Waals surface area contributed by atoms with Crippen molar-refractivity contribution in [1.82, 2.24) is 15.2 Å². The van der Waals surface area contributed by atoms with Crippen molar-refractivity contribution < 1.29 is 9.53 Å². The third kappa shape index (κ3) is 6.43. The highest BCUT2D eigenvalue weighted by atomic mass is 16.5. The molecule has 0 unspecified atom stereocenters. The first kappa shape index (κ1) is 19.4. The van der Waals surface area contributed by atoms with E-state index in [2.05, 4.69) is 22.4 Å². The number of ether oxygens (including phenoxy) is 1. The Kier molecular flexibility index (Phi) is 7.44. The highest BCUT2D eigenvalue weighted by Gasteiger charge is 2.14. The van der Waals surface area contributed by atoms with Gasteiger partial charge in [-0.25, -0.2) is 4.79 Å². The van der Waals surface area contributed by atoms with Gasteiger partial charge in [-0.1, -0.05) is 54.6 Å². The van der Waals surface area contributed by atoms with Crippen molar-refractivity contribution in [3.63, 3.8) is 0 Å². The van der Waals surface area contributed by atoms with Gasteiger partial charge in [-0.3, -0.25) is 4.98 Å². The Bertz CT molecular complexity index is 826. The molecular weight excluding hydrogens is 350 g/mol. The first-order valence-electron chi connectivity index (χ1n) is 9.46. The second kappa shape index (κ2) is 10.7. The molecule has 0 spiro atoms. The number of amides is 2. The van der Waals surface area contributed by atoms with Gasteiger partial charge in [0.15, 0.2) is 0 Å². The van der Waals surface area contributed by atoms with E-state index in [1.54, 1.807) is 11.1 Å². The fourth-order valence-electron chi connectivity index (χ4n) is 2.80. The fraction of sp³-hybridized carbons (Fsp3) is 0.217. The van der Waals surface area contributed by atoms with Crippen LogP contribution in [-0.4, -0.2) is 35.6 Å². The monoisotopic (exact) mass is 375 g/mol. The smallest absolute Gasteiger partial charge is 0.317 e. The molecule has 1 N–H and O–H groups in total. The van der Waals surface area contributed by atoms with Gasteiger partial charge < -0.3 is 15.0 Å². The standard InChI is InChI=1S/C23H25N3O2/c27-23(25-16-18-28-22-12-5-2-6-13-22)26(19-21-11-7-8-15-24-21)17-14-20-9-3-1-4-10-20/h1-13,15H,14,16-19H2,(H,25,27). The van der Waals surface area contributed by atoms with Crippen LogP contribution in [0.2, 0.25) is 0 Å². The van der Waals surface area contributed by atoms with E-state index in [1.165, 1.54) is 5.56 Å². The molecule has 2 amide bonds. The molecular formula is C23H25N3O2. The van der Waals surface area contributed by atoms with Gasteiger partial charge in [0.2, 0.25) is 0 Å². The van der Waals surface area contributed by atoms with Gasteiger partial charge in [0, 0.05) is 12.7 Å². The van der Waals surface area contributed by atoms with E-state index in [0.717, 1.165) is 17.9 Å². The average molecular weight is 375 g/mol. The van der Waals surface area contributed by atoms with Crippen molar-refractivity contribution in [2.24, 2.45) is 0 Å². The topological polar surface area (TPSA) is 54.5 Å². The van der Waals surface area contributed by atoms with Crippen LogP contribution in [0, 0.1) is 0 Å². The van der Waals surface area contributed by atoms with E-state index in [0.29, 0.717) is 26.2 Å². The third-order valence-electron chi connectivity index (χ3n) is 4.27. The molecule has 5 nitrogen and oxygen atoms in total. The van der Waals surface area contributed by atoms with E-state index in [1.807, 2.05) is 66.7 Å². The van der Waals surface area contributed by atoms with Crippen LogP contribution in [-0.2, 0) is 13.0 Å². The zero-order valence-corrected chi connectivity index (χ0v) is 15.8. The molecule has 0 aliphatic carbocycles. The summed E-state index contributed by atoms with van der Waals surface area (Å²) in [4.78, 5) is 18.8. The number of para-hydroxylation sites is 1. The molecule has 144 valence electrons. The van der Waals surface area contributed by atoms with Gasteiger partial charge in [-0.2, -0.15) is 0 Å². The lowest BCUT2D eigenvalue weighted by Gasteiger charge is -2.23. The van der Waals surface area contributed by atoms with Crippen LogP contribution in [0.15, 0.2) is 85.1 Å². The summed E-state index contributed by atoms with van der Waals surface area (Å²) in [5.41, 5.74) is 2.07. The molecule has 0 atom stereocenters. The second-order valence-electron chi connectivity index (χ2n) is 6.37. The lowest BCUT2D eigenvalue weighted by molar-refractivity contribution is 0.192. The summed E-state index contributed by atoms with van der Waals surface area (Å²) in [6.07, 6.45) is 2.54. The van der Waals surface area contributed by atoms with Gasteiger partial charge in [0.25, 0.3) is 0 Å². The first-order valence-corrected chi connectivity index (χ1v) is 9.46. The molecule has 0 bridgehead atoms. The summed E-state index contributed by atoms with van der Waals surface area (Å²) in [6, 6.07) is 25.4. The van der Waals surface area contributed by atoms with Crippen LogP contribution in [0.3, 0.4) is 0 Å². The Labute approximate surface area is 166 Å². The Morgan fingerprint density at radius 3 is 2.36 bits per heavy atom. The van der Waals surface area contributed by atoms with Gasteiger partial charge in [0.1, 0.15) is 12.4 Å². The molecule has 3 rings (SSSR count). The summed E-state index contributed by atoms with van der Waals surface area (Å²) in [5.74, 6) is 0.797. The molecule has 28 heavy (non-hydrogen) atoms. The van der Waals surface area contributed by atoms with Crippen LogP contribution < -0.4 is 10.1 Å². The molecule has 3 aromatic rings. The van der Waals surface area contributed by atoms with Crippen molar-refractivity contribution in [3.05, 3.63) is 96.3 Å². The normalized spacial score (nSPS) is 10.3. The third-order valence-corrected chi connectivity index (χ3v) is 4.27. The number of urea groups is 1. The van der Waals surface area contributed by atoms with Crippen LogP contribution in [0.4, 0.5) is 4.79 Å². The molecule has 0 saturated carbocycles. The molecule has 0 aliphatic rings.